The lowest BCUT2D eigenvalue weighted by Crippen LogP contribution is -2.25. The predicted octanol–water partition coefficient (Wildman–Crippen LogP) is 3.43. The molecule has 4 rings (SSSR count). The first-order valence-electron chi connectivity index (χ1n) is 9.19. The van der Waals surface area contributed by atoms with Gasteiger partial charge in [0.05, 0.1) is 12.3 Å². The Labute approximate surface area is 152 Å². The highest BCUT2D eigenvalue weighted by Gasteiger charge is 2.26. The number of aromatic nitrogens is 2. The Bertz CT molecular complexity index is 949. The molecule has 0 spiro atoms. The fraction of sp³-hybridized carbons (Fsp3) is 0.333. The molecule has 0 bridgehead atoms. The molecule has 1 atom stereocenters. The molecule has 1 aliphatic heterocycles. The van der Waals surface area contributed by atoms with E-state index in [0.717, 1.165) is 30.8 Å². The smallest absolute Gasteiger partial charge is 0.258 e. The van der Waals surface area contributed by atoms with Gasteiger partial charge in [-0.15, -0.1) is 0 Å². The third-order valence-corrected chi connectivity index (χ3v) is 4.93. The summed E-state index contributed by atoms with van der Waals surface area (Å²) in [5, 5.41) is 0. The van der Waals surface area contributed by atoms with Gasteiger partial charge in [-0.3, -0.25) is 14.1 Å². The standard InChI is InChI=1S/C21H23N3O2/c1-2-26-18-10-8-16(9-11-18)19-6-5-12-23(19)15-17-14-21(25)24-13-4-3-7-20(24)22-17/h3-4,7-11,13-14,19H,2,5-6,12,15H2,1H3/t19-/m0/s1. The third-order valence-electron chi connectivity index (χ3n) is 4.93. The van der Waals surface area contributed by atoms with Crippen molar-refractivity contribution in [3.05, 3.63) is 76.3 Å². The maximum absolute atomic E-state index is 12.3. The molecule has 3 aromatic rings. The van der Waals surface area contributed by atoms with Crippen molar-refractivity contribution in [2.24, 2.45) is 0 Å². The fourth-order valence-electron chi connectivity index (χ4n) is 3.74. The molecule has 0 unspecified atom stereocenters. The highest BCUT2D eigenvalue weighted by Crippen LogP contribution is 2.33. The van der Waals surface area contributed by atoms with Crippen LogP contribution in [0.4, 0.5) is 0 Å². The Balaban J connectivity index is 1.56. The summed E-state index contributed by atoms with van der Waals surface area (Å²) in [6.07, 6.45) is 4.04. The van der Waals surface area contributed by atoms with E-state index in [0.29, 0.717) is 24.8 Å². The van der Waals surface area contributed by atoms with Crippen LogP contribution in [-0.4, -0.2) is 27.4 Å². The summed E-state index contributed by atoms with van der Waals surface area (Å²) in [4.78, 5) is 19.4. The molecular weight excluding hydrogens is 326 g/mol. The van der Waals surface area contributed by atoms with Crippen LogP contribution in [0.25, 0.3) is 5.65 Å². The molecule has 5 nitrogen and oxygen atoms in total. The van der Waals surface area contributed by atoms with E-state index >= 15 is 0 Å². The molecule has 0 N–H and O–H groups in total. The van der Waals surface area contributed by atoms with E-state index in [-0.39, 0.29) is 5.56 Å². The number of benzene rings is 1. The lowest BCUT2D eigenvalue weighted by molar-refractivity contribution is 0.245. The van der Waals surface area contributed by atoms with Crippen molar-refractivity contribution < 1.29 is 4.74 Å². The van der Waals surface area contributed by atoms with E-state index in [4.69, 9.17) is 4.74 Å². The number of hydrogen-bond acceptors (Lipinski definition) is 4. The average Bonchev–Trinajstić information content (AvgIpc) is 3.11. The van der Waals surface area contributed by atoms with Crippen molar-refractivity contribution >= 4 is 5.65 Å². The van der Waals surface area contributed by atoms with Gasteiger partial charge in [-0.05, 0) is 56.1 Å². The van der Waals surface area contributed by atoms with Crippen molar-refractivity contribution in [2.75, 3.05) is 13.2 Å². The van der Waals surface area contributed by atoms with Crippen LogP contribution in [0.3, 0.4) is 0 Å². The second-order valence-corrected chi connectivity index (χ2v) is 6.65. The first-order chi connectivity index (χ1) is 12.7. The van der Waals surface area contributed by atoms with Gasteiger partial charge in [-0.2, -0.15) is 0 Å². The normalized spacial score (nSPS) is 17.7. The quantitative estimate of drug-likeness (QED) is 0.708. The van der Waals surface area contributed by atoms with Crippen LogP contribution >= 0.6 is 0 Å². The Morgan fingerprint density at radius 1 is 1.19 bits per heavy atom. The number of ether oxygens (including phenoxy) is 1. The zero-order chi connectivity index (χ0) is 17.9. The molecule has 26 heavy (non-hydrogen) atoms. The topological polar surface area (TPSA) is 46.8 Å². The Hall–Kier alpha value is -2.66. The van der Waals surface area contributed by atoms with Crippen LogP contribution in [0.2, 0.25) is 0 Å². The average molecular weight is 349 g/mol. The van der Waals surface area contributed by atoms with Crippen LogP contribution < -0.4 is 10.3 Å². The molecule has 5 heteroatoms. The number of fused-ring (bicyclic) bond motifs is 1. The Kier molecular flexibility index (Phi) is 4.71. The van der Waals surface area contributed by atoms with Crippen molar-refractivity contribution in [1.29, 1.82) is 0 Å². The van der Waals surface area contributed by atoms with Crippen LogP contribution in [-0.2, 0) is 6.54 Å². The molecule has 1 saturated heterocycles. The molecule has 1 aliphatic rings. The van der Waals surface area contributed by atoms with Crippen LogP contribution in [0.15, 0.2) is 59.5 Å². The summed E-state index contributed by atoms with van der Waals surface area (Å²) in [5.41, 5.74) is 2.80. The predicted molar refractivity (Wildman–Crippen MR) is 101 cm³/mol. The monoisotopic (exact) mass is 349 g/mol. The summed E-state index contributed by atoms with van der Waals surface area (Å²) in [7, 11) is 0. The summed E-state index contributed by atoms with van der Waals surface area (Å²) in [6.45, 7) is 4.38. The van der Waals surface area contributed by atoms with Gasteiger partial charge in [0.15, 0.2) is 0 Å². The third kappa shape index (κ3) is 3.35. The zero-order valence-corrected chi connectivity index (χ0v) is 15.0. The van der Waals surface area contributed by atoms with Gasteiger partial charge in [-0.1, -0.05) is 18.2 Å². The minimum atomic E-state index is -0.0255. The summed E-state index contributed by atoms with van der Waals surface area (Å²) in [5.74, 6) is 0.907. The van der Waals surface area contributed by atoms with Crippen LogP contribution in [0, 0.1) is 0 Å². The summed E-state index contributed by atoms with van der Waals surface area (Å²) >= 11 is 0. The second kappa shape index (κ2) is 7.30. The van der Waals surface area contributed by atoms with Crippen molar-refractivity contribution in [3.8, 4) is 5.75 Å². The van der Waals surface area contributed by atoms with E-state index < -0.39 is 0 Å². The maximum atomic E-state index is 12.3. The van der Waals surface area contributed by atoms with E-state index in [1.165, 1.54) is 5.56 Å². The highest BCUT2D eigenvalue weighted by atomic mass is 16.5. The van der Waals surface area contributed by atoms with E-state index in [9.17, 15) is 4.79 Å². The first-order valence-corrected chi connectivity index (χ1v) is 9.19. The second-order valence-electron chi connectivity index (χ2n) is 6.65. The Morgan fingerprint density at radius 3 is 2.85 bits per heavy atom. The molecule has 1 fully saturated rings. The zero-order valence-electron chi connectivity index (χ0n) is 15.0. The summed E-state index contributed by atoms with van der Waals surface area (Å²) < 4.78 is 7.12. The van der Waals surface area contributed by atoms with Crippen LogP contribution in [0.1, 0.15) is 37.1 Å². The SMILES string of the molecule is CCOc1ccc([C@@H]2CCCN2Cc2cc(=O)n3ccccc3n2)cc1. The van der Waals surface area contributed by atoms with Crippen LogP contribution in [0.5, 0.6) is 5.75 Å². The number of hydrogen-bond donors (Lipinski definition) is 0. The minimum absolute atomic E-state index is 0.0255. The molecule has 2 aromatic heterocycles. The molecule has 0 aliphatic carbocycles. The lowest BCUT2D eigenvalue weighted by Gasteiger charge is -2.24. The van der Waals surface area contributed by atoms with Crippen molar-refractivity contribution in [2.45, 2.75) is 32.4 Å². The molecule has 134 valence electrons. The largest absolute Gasteiger partial charge is 0.494 e. The molecular formula is C21H23N3O2. The number of pyridine rings is 1. The first kappa shape index (κ1) is 16.8. The van der Waals surface area contributed by atoms with E-state index in [1.54, 1.807) is 16.7 Å². The highest BCUT2D eigenvalue weighted by molar-refractivity contribution is 5.38. The molecule has 0 saturated carbocycles. The van der Waals surface area contributed by atoms with Gasteiger partial charge in [-0.25, -0.2) is 4.98 Å². The molecule has 0 radical (unpaired) electrons. The number of likely N-dealkylation sites (tertiary alicyclic amines) is 1. The van der Waals surface area contributed by atoms with E-state index in [2.05, 4.69) is 22.0 Å². The molecule has 1 aromatic carbocycles. The van der Waals surface area contributed by atoms with Gasteiger partial charge in [0, 0.05) is 24.8 Å². The van der Waals surface area contributed by atoms with Gasteiger partial charge >= 0.3 is 0 Å². The van der Waals surface area contributed by atoms with Crippen molar-refractivity contribution in [3.63, 3.8) is 0 Å². The Morgan fingerprint density at radius 2 is 2.04 bits per heavy atom. The van der Waals surface area contributed by atoms with E-state index in [1.807, 2.05) is 37.3 Å². The van der Waals surface area contributed by atoms with Crippen molar-refractivity contribution in [1.82, 2.24) is 14.3 Å². The lowest BCUT2D eigenvalue weighted by atomic mass is 10.0. The van der Waals surface area contributed by atoms with Gasteiger partial charge in [0.2, 0.25) is 0 Å². The fourth-order valence-corrected chi connectivity index (χ4v) is 3.74. The minimum Gasteiger partial charge on any atom is -0.494 e. The molecule has 0 amide bonds. The van der Waals surface area contributed by atoms with Gasteiger partial charge < -0.3 is 4.74 Å². The molecule has 3 heterocycles. The van der Waals surface area contributed by atoms with Gasteiger partial charge in [0.25, 0.3) is 5.56 Å². The van der Waals surface area contributed by atoms with Gasteiger partial charge in [0.1, 0.15) is 11.4 Å². The maximum Gasteiger partial charge on any atom is 0.258 e. The number of rotatable bonds is 5. The number of nitrogens with zero attached hydrogens (tertiary/aromatic N) is 3. The summed E-state index contributed by atoms with van der Waals surface area (Å²) in [6, 6.07) is 16.0.